The van der Waals surface area contributed by atoms with Crippen LogP contribution >= 0.6 is 11.6 Å². The molecule has 0 bridgehead atoms. The number of carbonyl (C=O) groups excluding carboxylic acids is 2. The van der Waals surface area contributed by atoms with Crippen molar-refractivity contribution in [2.24, 2.45) is 0 Å². The first-order valence-electron chi connectivity index (χ1n) is 6.99. The van der Waals surface area contributed by atoms with E-state index < -0.39 is 11.9 Å². The van der Waals surface area contributed by atoms with Crippen LogP contribution in [0.4, 0.5) is 0 Å². The van der Waals surface area contributed by atoms with Crippen LogP contribution in [0.2, 0.25) is 5.02 Å². The Kier molecular flexibility index (Phi) is 8.07. The fourth-order valence-electron chi connectivity index (χ4n) is 1.67. The van der Waals surface area contributed by atoms with Crippen molar-refractivity contribution in [2.75, 3.05) is 13.2 Å². The Morgan fingerprint density at radius 3 is 2.36 bits per heavy atom. The van der Waals surface area contributed by atoms with Gasteiger partial charge in [-0.2, -0.15) is 0 Å². The van der Waals surface area contributed by atoms with Crippen LogP contribution in [0.1, 0.15) is 36.0 Å². The van der Waals surface area contributed by atoms with Crippen molar-refractivity contribution in [1.82, 2.24) is 0 Å². The molecule has 0 amide bonds. The standard InChI is InChI=1S/C16H19ClO5/c1-2-15(19)21-9-5-3-4-6-10-22-16(20)12-7-8-14(18)13(17)11-12/h2,7-8,11,18H,1,3-6,9-10H2. The highest BCUT2D eigenvalue weighted by Gasteiger charge is 2.09. The number of unbranched alkanes of at least 4 members (excludes halogenated alkanes) is 3. The van der Waals surface area contributed by atoms with Crippen molar-refractivity contribution in [3.05, 3.63) is 41.4 Å². The van der Waals surface area contributed by atoms with Crippen molar-refractivity contribution in [1.29, 1.82) is 0 Å². The van der Waals surface area contributed by atoms with Crippen LogP contribution in [-0.2, 0) is 14.3 Å². The van der Waals surface area contributed by atoms with E-state index in [4.69, 9.17) is 21.1 Å². The molecule has 0 saturated carbocycles. The third-order valence-electron chi connectivity index (χ3n) is 2.87. The number of rotatable bonds is 9. The number of hydrogen-bond acceptors (Lipinski definition) is 5. The van der Waals surface area contributed by atoms with Crippen LogP contribution in [0.25, 0.3) is 0 Å². The number of phenols is 1. The number of phenolic OH excluding ortho intramolecular Hbond substituents is 1. The van der Waals surface area contributed by atoms with Gasteiger partial charge < -0.3 is 14.6 Å². The Balaban J connectivity index is 2.11. The van der Waals surface area contributed by atoms with E-state index in [9.17, 15) is 14.7 Å². The first-order chi connectivity index (χ1) is 10.5. The number of hydrogen-bond donors (Lipinski definition) is 1. The SMILES string of the molecule is C=CC(=O)OCCCCCCOC(=O)c1ccc(O)c(Cl)c1. The van der Waals surface area contributed by atoms with Gasteiger partial charge >= 0.3 is 11.9 Å². The highest BCUT2D eigenvalue weighted by molar-refractivity contribution is 6.32. The van der Waals surface area contributed by atoms with Crippen LogP contribution in [-0.4, -0.2) is 30.3 Å². The number of ether oxygens (including phenoxy) is 2. The molecule has 0 heterocycles. The zero-order chi connectivity index (χ0) is 16.4. The largest absolute Gasteiger partial charge is 0.506 e. The molecule has 0 atom stereocenters. The second-order valence-corrected chi connectivity index (χ2v) is 5.00. The molecular formula is C16H19ClO5. The molecule has 0 radical (unpaired) electrons. The van der Waals surface area contributed by atoms with Crippen molar-refractivity contribution in [3.8, 4) is 5.75 Å². The zero-order valence-corrected chi connectivity index (χ0v) is 13.0. The molecule has 1 N–H and O–H groups in total. The van der Waals surface area contributed by atoms with Crippen LogP contribution < -0.4 is 0 Å². The van der Waals surface area contributed by atoms with E-state index in [-0.39, 0.29) is 10.8 Å². The minimum absolute atomic E-state index is 0.0737. The highest BCUT2D eigenvalue weighted by atomic mass is 35.5. The molecule has 0 fully saturated rings. The monoisotopic (exact) mass is 326 g/mol. The van der Waals surface area contributed by atoms with Gasteiger partial charge in [-0.25, -0.2) is 9.59 Å². The van der Waals surface area contributed by atoms with E-state index in [0.717, 1.165) is 31.8 Å². The molecule has 1 aromatic rings. The number of carbonyl (C=O) groups is 2. The van der Waals surface area contributed by atoms with Crippen molar-refractivity contribution < 1.29 is 24.2 Å². The molecule has 0 aliphatic rings. The van der Waals surface area contributed by atoms with E-state index >= 15 is 0 Å². The zero-order valence-electron chi connectivity index (χ0n) is 12.2. The summed E-state index contributed by atoms with van der Waals surface area (Å²) < 4.78 is 9.95. The number of esters is 2. The number of aromatic hydroxyl groups is 1. The van der Waals surface area contributed by atoms with Crippen LogP contribution in [0.5, 0.6) is 5.75 Å². The van der Waals surface area contributed by atoms with Gasteiger partial charge in [0.15, 0.2) is 0 Å². The first kappa shape index (κ1) is 18.0. The maximum absolute atomic E-state index is 11.7. The summed E-state index contributed by atoms with van der Waals surface area (Å²) in [5.41, 5.74) is 0.305. The molecule has 0 unspecified atom stereocenters. The summed E-state index contributed by atoms with van der Waals surface area (Å²) in [6.45, 7) is 3.99. The van der Waals surface area contributed by atoms with Gasteiger partial charge in [0.05, 0.1) is 23.8 Å². The summed E-state index contributed by atoms with van der Waals surface area (Å²) in [7, 11) is 0. The van der Waals surface area contributed by atoms with Crippen LogP contribution in [0.15, 0.2) is 30.9 Å². The first-order valence-corrected chi connectivity index (χ1v) is 7.37. The van der Waals surface area contributed by atoms with E-state index in [2.05, 4.69) is 6.58 Å². The summed E-state index contributed by atoms with van der Waals surface area (Å²) in [5.74, 6) is -0.960. The predicted octanol–water partition coefficient (Wildman–Crippen LogP) is 3.49. The molecule has 1 aromatic carbocycles. The minimum Gasteiger partial charge on any atom is -0.506 e. The van der Waals surface area contributed by atoms with Gasteiger partial charge in [0, 0.05) is 6.08 Å². The third kappa shape index (κ3) is 6.63. The summed E-state index contributed by atoms with van der Waals surface area (Å²) in [5, 5.41) is 9.39. The van der Waals surface area contributed by atoms with Crippen LogP contribution in [0, 0.1) is 0 Å². The molecule has 0 spiro atoms. The van der Waals surface area contributed by atoms with Gasteiger partial charge in [0.1, 0.15) is 5.75 Å². The average molecular weight is 327 g/mol. The molecule has 0 saturated heterocycles. The van der Waals surface area contributed by atoms with Gasteiger partial charge in [0.25, 0.3) is 0 Å². The minimum atomic E-state index is -0.471. The molecular weight excluding hydrogens is 308 g/mol. The number of halogens is 1. The Morgan fingerprint density at radius 1 is 1.14 bits per heavy atom. The summed E-state index contributed by atoms with van der Waals surface area (Å²) in [4.78, 5) is 22.5. The lowest BCUT2D eigenvalue weighted by atomic mass is 10.2. The topological polar surface area (TPSA) is 72.8 Å². The third-order valence-corrected chi connectivity index (χ3v) is 3.17. The fourth-order valence-corrected chi connectivity index (χ4v) is 1.85. The lowest BCUT2D eigenvalue weighted by Gasteiger charge is -2.06. The van der Waals surface area contributed by atoms with Gasteiger partial charge in [-0.15, -0.1) is 0 Å². The molecule has 0 aromatic heterocycles. The maximum Gasteiger partial charge on any atom is 0.338 e. The van der Waals surface area contributed by atoms with Crippen molar-refractivity contribution >= 4 is 23.5 Å². The fraction of sp³-hybridized carbons (Fsp3) is 0.375. The molecule has 5 nitrogen and oxygen atoms in total. The Morgan fingerprint density at radius 2 is 1.77 bits per heavy atom. The summed E-state index contributed by atoms with van der Waals surface area (Å²) >= 11 is 5.72. The van der Waals surface area contributed by atoms with Crippen molar-refractivity contribution in [3.63, 3.8) is 0 Å². The molecule has 0 aliphatic heterocycles. The second kappa shape index (κ2) is 9.84. The van der Waals surface area contributed by atoms with E-state index in [0.29, 0.717) is 18.8 Å². The maximum atomic E-state index is 11.7. The van der Waals surface area contributed by atoms with E-state index in [1.807, 2.05) is 0 Å². The quantitative estimate of drug-likeness (QED) is 0.427. The predicted molar refractivity (Wildman–Crippen MR) is 83.0 cm³/mol. The normalized spacial score (nSPS) is 10.0. The lowest BCUT2D eigenvalue weighted by molar-refractivity contribution is -0.137. The lowest BCUT2D eigenvalue weighted by Crippen LogP contribution is -2.06. The molecule has 6 heteroatoms. The molecule has 1 rings (SSSR count). The van der Waals surface area contributed by atoms with Crippen molar-refractivity contribution in [2.45, 2.75) is 25.7 Å². The summed E-state index contributed by atoms with van der Waals surface area (Å²) in [6, 6.07) is 4.17. The van der Waals surface area contributed by atoms with Gasteiger partial charge in [-0.1, -0.05) is 18.2 Å². The van der Waals surface area contributed by atoms with E-state index in [1.54, 1.807) is 0 Å². The van der Waals surface area contributed by atoms with Gasteiger partial charge in [0.2, 0.25) is 0 Å². The van der Waals surface area contributed by atoms with Gasteiger partial charge in [-0.3, -0.25) is 0 Å². The highest BCUT2D eigenvalue weighted by Crippen LogP contribution is 2.23. The molecule has 120 valence electrons. The van der Waals surface area contributed by atoms with Gasteiger partial charge in [-0.05, 0) is 43.9 Å². The Bertz CT molecular complexity index is 527. The average Bonchev–Trinajstić information content (AvgIpc) is 2.51. The molecule has 0 aliphatic carbocycles. The Hall–Kier alpha value is -2.01. The van der Waals surface area contributed by atoms with E-state index in [1.165, 1.54) is 18.2 Å². The smallest absolute Gasteiger partial charge is 0.338 e. The molecule has 22 heavy (non-hydrogen) atoms. The second-order valence-electron chi connectivity index (χ2n) is 4.59. The number of benzene rings is 1. The summed E-state index contributed by atoms with van der Waals surface area (Å²) in [6.07, 6.45) is 4.38. The Labute approximate surface area is 134 Å². The van der Waals surface area contributed by atoms with Crippen LogP contribution in [0.3, 0.4) is 0 Å².